The van der Waals surface area contributed by atoms with Crippen LogP contribution in [0, 0.1) is 0 Å². The fourth-order valence-corrected chi connectivity index (χ4v) is 3.18. The number of ether oxygens (including phenoxy) is 1. The summed E-state index contributed by atoms with van der Waals surface area (Å²) in [6, 6.07) is 24.7. The summed E-state index contributed by atoms with van der Waals surface area (Å²) in [5.74, 6) is 0.692. The molecule has 1 unspecified atom stereocenters. The molecule has 0 saturated heterocycles. The van der Waals surface area contributed by atoms with E-state index in [0.717, 1.165) is 22.6 Å². The molecule has 0 aliphatic heterocycles. The Bertz CT molecular complexity index is 991. The molecule has 6 heteroatoms. The van der Waals surface area contributed by atoms with E-state index >= 15 is 0 Å². The SMILES string of the molecule is COc1ccc(CNC(=S)NC(C)c2cccc(NC(=O)c3ccccc3)c2)cc1. The number of amides is 1. The Morgan fingerprint density at radius 3 is 2.43 bits per heavy atom. The molecule has 0 heterocycles. The van der Waals surface area contributed by atoms with Gasteiger partial charge in [-0.1, -0.05) is 42.5 Å². The number of carbonyl (C=O) groups excluding carboxylic acids is 1. The zero-order chi connectivity index (χ0) is 21.3. The van der Waals surface area contributed by atoms with E-state index in [-0.39, 0.29) is 11.9 Å². The third-order valence-corrected chi connectivity index (χ3v) is 4.90. The molecule has 3 aromatic rings. The van der Waals surface area contributed by atoms with E-state index in [4.69, 9.17) is 17.0 Å². The van der Waals surface area contributed by atoms with Gasteiger partial charge >= 0.3 is 0 Å². The maximum atomic E-state index is 12.4. The van der Waals surface area contributed by atoms with Crippen molar-refractivity contribution in [1.29, 1.82) is 0 Å². The Balaban J connectivity index is 1.54. The first kappa shape index (κ1) is 21.3. The van der Waals surface area contributed by atoms with Crippen molar-refractivity contribution in [2.45, 2.75) is 19.5 Å². The zero-order valence-electron chi connectivity index (χ0n) is 17.0. The number of carbonyl (C=O) groups is 1. The lowest BCUT2D eigenvalue weighted by Gasteiger charge is -2.18. The second-order valence-electron chi connectivity index (χ2n) is 6.84. The van der Waals surface area contributed by atoms with Crippen LogP contribution < -0.4 is 20.7 Å². The average molecular weight is 420 g/mol. The van der Waals surface area contributed by atoms with E-state index in [9.17, 15) is 4.79 Å². The van der Waals surface area contributed by atoms with Crippen molar-refractivity contribution >= 4 is 28.9 Å². The second kappa shape index (κ2) is 10.4. The Morgan fingerprint density at radius 2 is 1.73 bits per heavy atom. The minimum Gasteiger partial charge on any atom is -0.497 e. The number of hydrogen-bond donors (Lipinski definition) is 3. The molecule has 0 aromatic heterocycles. The van der Waals surface area contributed by atoms with Crippen LogP contribution in [0.2, 0.25) is 0 Å². The van der Waals surface area contributed by atoms with Crippen LogP contribution in [-0.4, -0.2) is 18.1 Å². The lowest BCUT2D eigenvalue weighted by Crippen LogP contribution is -2.36. The van der Waals surface area contributed by atoms with Gasteiger partial charge in [-0.25, -0.2) is 0 Å². The van der Waals surface area contributed by atoms with Crippen LogP contribution in [0.4, 0.5) is 5.69 Å². The van der Waals surface area contributed by atoms with Crippen LogP contribution in [0.1, 0.15) is 34.5 Å². The molecule has 154 valence electrons. The summed E-state index contributed by atoms with van der Waals surface area (Å²) in [4.78, 5) is 12.4. The highest BCUT2D eigenvalue weighted by Crippen LogP contribution is 2.18. The largest absolute Gasteiger partial charge is 0.497 e. The third kappa shape index (κ3) is 6.06. The lowest BCUT2D eigenvalue weighted by atomic mass is 10.1. The molecular formula is C24H25N3O2S. The summed E-state index contributed by atoms with van der Waals surface area (Å²) >= 11 is 5.43. The van der Waals surface area contributed by atoms with Crippen molar-refractivity contribution in [1.82, 2.24) is 10.6 Å². The van der Waals surface area contributed by atoms with E-state index in [0.29, 0.717) is 17.2 Å². The predicted octanol–water partition coefficient (Wildman–Crippen LogP) is 4.67. The molecule has 0 bridgehead atoms. The van der Waals surface area contributed by atoms with Crippen LogP contribution in [-0.2, 0) is 6.54 Å². The van der Waals surface area contributed by atoms with Crippen LogP contribution in [0.25, 0.3) is 0 Å². The maximum Gasteiger partial charge on any atom is 0.255 e. The highest BCUT2D eigenvalue weighted by molar-refractivity contribution is 7.80. The Hall–Kier alpha value is -3.38. The van der Waals surface area contributed by atoms with E-state index in [1.165, 1.54) is 0 Å². The van der Waals surface area contributed by atoms with Gasteiger partial charge in [0.15, 0.2) is 5.11 Å². The van der Waals surface area contributed by atoms with E-state index in [1.54, 1.807) is 19.2 Å². The number of thiocarbonyl (C=S) groups is 1. The fraction of sp³-hybridized carbons (Fsp3) is 0.167. The number of rotatable bonds is 7. The molecule has 1 amide bonds. The molecule has 0 aliphatic carbocycles. The molecule has 3 N–H and O–H groups in total. The molecule has 0 radical (unpaired) electrons. The quantitative estimate of drug-likeness (QED) is 0.486. The van der Waals surface area contributed by atoms with Crippen molar-refractivity contribution in [2.24, 2.45) is 0 Å². The lowest BCUT2D eigenvalue weighted by molar-refractivity contribution is 0.102. The predicted molar refractivity (Wildman–Crippen MR) is 125 cm³/mol. The van der Waals surface area contributed by atoms with Gasteiger partial charge in [-0.15, -0.1) is 0 Å². The van der Waals surface area contributed by atoms with Gasteiger partial charge in [0.1, 0.15) is 5.75 Å². The van der Waals surface area contributed by atoms with Crippen LogP contribution in [0.3, 0.4) is 0 Å². The normalized spacial score (nSPS) is 11.3. The molecule has 0 fully saturated rings. The van der Waals surface area contributed by atoms with Crippen molar-refractivity contribution in [3.63, 3.8) is 0 Å². The minimum absolute atomic E-state index is 0.0190. The topological polar surface area (TPSA) is 62.4 Å². The van der Waals surface area contributed by atoms with E-state index in [2.05, 4.69) is 16.0 Å². The number of benzene rings is 3. The highest BCUT2D eigenvalue weighted by Gasteiger charge is 2.10. The maximum absolute atomic E-state index is 12.4. The van der Waals surface area contributed by atoms with Gasteiger partial charge in [0.2, 0.25) is 0 Å². The van der Waals surface area contributed by atoms with Gasteiger partial charge in [-0.05, 0) is 66.7 Å². The molecule has 5 nitrogen and oxygen atoms in total. The number of methoxy groups -OCH3 is 1. The van der Waals surface area contributed by atoms with Crippen molar-refractivity contribution < 1.29 is 9.53 Å². The van der Waals surface area contributed by atoms with Crippen molar-refractivity contribution in [3.8, 4) is 5.75 Å². The summed E-state index contributed by atoms with van der Waals surface area (Å²) in [6.07, 6.45) is 0. The van der Waals surface area contributed by atoms with Gasteiger partial charge < -0.3 is 20.7 Å². The minimum atomic E-state index is -0.134. The first-order valence-corrected chi connectivity index (χ1v) is 10.1. The van der Waals surface area contributed by atoms with E-state index in [1.807, 2.05) is 73.7 Å². The number of anilines is 1. The van der Waals surface area contributed by atoms with Gasteiger partial charge in [0, 0.05) is 17.8 Å². The molecule has 0 aliphatic rings. The molecule has 0 spiro atoms. The van der Waals surface area contributed by atoms with E-state index < -0.39 is 0 Å². The summed E-state index contributed by atoms with van der Waals surface area (Å²) in [5.41, 5.74) is 3.50. The Morgan fingerprint density at radius 1 is 1.00 bits per heavy atom. The molecule has 3 rings (SSSR count). The second-order valence-corrected chi connectivity index (χ2v) is 7.25. The first-order valence-electron chi connectivity index (χ1n) is 9.69. The molecule has 3 aromatic carbocycles. The zero-order valence-corrected chi connectivity index (χ0v) is 17.8. The molecule has 1 atom stereocenters. The number of nitrogens with one attached hydrogen (secondary N) is 3. The molecule has 30 heavy (non-hydrogen) atoms. The van der Waals surface area contributed by atoms with Gasteiger partial charge in [0.25, 0.3) is 5.91 Å². The van der Waals surface area contributed by atoms with Crippen molar-refractivity contribution in [3.05, 3.63) is 95.6 Å². The molecular weight excluding hydrogens is 394 g/mol. The third-order valence-electron chi connectivity index (χ3n) is 4.64. The van der Waals surface area contributed by atoms with Crippen LogP contribution >= 0.6 is 12.2 Å². The van der Waals surface area contributed by atoms with Crippen molar-refractivity contribution in [2.75, 3.05) is 12.4 Å². The average Bonchev–Trinajstić information content (AvgIpc) is 2.78. The molecule has 0 saturated carbocycles. The monoisotopic (exact) mass is 419 g/mol. The number of hydrogen-bond acceptors (Lipinski definition) is 3. The van der Waals surface area contributed by atoms with Crippen LogP contribution in [0.15, 0.2) is 78.9 Å². The van der Waals surface area contributed by atoms with Gasteiger partial charge in [-0.3, -0.25) is 4.79 Å². The first-order chi connectivity index (χ1) is 14.5. The standard InChI is InChI=1S/C24H25N3O2S/c1-17(26-24(30)25-16-18-11-13-22(29-2)14-12-18)20-9-6-10-21(15-20)27-23(28)19-7-4-3-5-8-19/h3-15,17H,16H2,1-2H3,(H,27,28)(H2,25,26,30). The van der Waals surface area contributed by atoms with Gasteiger partial charge in [-0.2, -0.15) is 0 Å². The highest BCUT2D eigenvalue weighted by atomic mass is 32.1. The Labute approximate surface area is 182 Å². The summed E-state index contributed by atoms with van der Waals surface area (Å²) in [5, 5.41) is 10.0. The fourth-order valence-electron chi connectivity index (χ4n) is 2.94. The Kier molecular flexibility index (Phi) is 7.40. The summed E-state index contributed by atoms with van der Waals surface area (Å²) < 4.78 is 5.17. The summed E-state index contributed by atoms with van der Waals surface area (Å²) in [7, 11) is 1.65. The van der Waals surface area contributed by atoms with Gasteiger partial charge in [0.05, 0.1) is 13.2 Å². The van der Waals surface area contributed by atoms with Crippen LogP contribution in [0.5, 0.6) is 5.75 Å². The smallest absolute Gasteiger partial charge is 0.255 e. The summed E-state index contributed by atoms with van der Waals surface area (Å²) in [6.45, 7) is 2.65.